The average Bonchev–Trinajstić information content (AvgIpc) is 3.30. The molecule has 2 aliphatic rings. The largest absolute Gasteiger partial charge is 0.445 e. The lowest BCUT2D eigenvalue weighted by molar-refractivity contribution is 0.0644. The second-order valence-electron chi connectivity index (χ2n) is 15.5. The van der Waals surface area contributed by atoms with Crippen LogP contribution in [0.1, 0.15) is 73.6 Å². The molecule has 4 rings (SSSR count). The van der Waals surface area contributed by atoms with Crippen LogP contribution in [-0.2, 0) is 13.6 Å². The molecule has 254 valence electrons. The average molecular weight is 725 g/mol. The predicted octanol–water partition coefficient (Wildman–Crippen LogP) is 9.41. The van der Waals surface area contributed by atoms with Gasteiger partial charge in [0.15, 0.2) is 8.32 Å². The van der Waals surface area contributed by atoms with Gasteiger partial charge in [0.1, 0.15) is 6.61 Å². The molecule has 46 heavy (non-hydrogen) atoms. The van der Waals surface area contributed by atoms with Gasteiger partial charge in [-0.15, -0.1) is 0 Å². The quantitative estimate of drug-likeness (QED) is 0.147. The Balaban J connectivity index is 1.67. The van der Waals surface area contributed by atoms with Crippen molar-refractivity contribution in [2.45, 2.75) is 112 Å². The molecule has 1 aliphatic carbocycles. The first-order valence-corrected chi connectivity index (χ1v) is 22.4. The lowest BCUT2D eigenvalue weighted by atomic mass is 9.78. The molecule has 0 radical (unpaired) electrons. The standard InChI is InChI=1S/C36H52Cl3NO4Si2/c1-33(2,3)45(7,8)43-23-21-28-16-15-22-35(24-28)25-29(26-40(35)32(41)42-27-36(37,38)39)44-46(34(4,5)6,30-17-11-9-12-18-30)31-19-13-10-14-20-31/h9-14,16-20,29H,15,21-27H2,1-8H3/t29-,35-/m1/s1. The summed E-state index contributed by atoms with van der Waals surface area (Å²) < 4.78 is 18.1. The van der Waals surface area contributed by atoms with E-state index in [1.807, 2.05) is 17.0 Å². The van der Waals surface area contributed by atoms with E-state index in [1.165, 1.54) is 15.9 Å². The zero-order chi connectivity index (χ0) is 34.0. The van der Waals surface area contributed by atoms with E-state index in [-0.39, 0.29) is 22.8 Å². The topological polar surface area (TPSA) is 48.0 Å². The van der Waals surface area contributed by atoms with Crippen LogP contribution in [0.4, 0.5) is 4.79 Å². The summed E-state index contributed by atoms with van der Waals surface area (Å²) in [4.78, 5) is 15.7. The smallest absolute Gasteiger partial charge is 0.410 e. The molecule has 0 N–H and O–H groups in total. The van der Waals surface area contributed by atoms with Crippen molar-refractivity contribution in [1.82, 2.24) is 4.90 Å². The first-order chi connectivity index (χ1) is 21.3. The molecule has 1 amide bonds. The Labute approximate surface area is 294 Å². The van der Waals surface area contributed by atoms with Crippen molar-refractivity contribution < 1.29 is 18.4 Å². The summed E-state index contributed by atoms with van der Waals surface area (Å²) in [6.45, 7) is 19.0. The fraction of sp³-hybridized carbons (Fsp3) is 0.583. The third kappa shape index (κ3) is 8.45. The molecule has 0 bridgehead atoms. The fourth-order valence-electron chi connectivity index (χ4n) is 6.88. The first-order valence-electron chi connectivity index (χ1n) is 16.4. The number of carbonyl (C=O) groups is 1. The van der Waals surface area contributed by atoms with Crippen LogP contribution in [0.15, 0.2) is 72.3 Å². The van der Waals surface area contributed by atoms with Crippen LogP contribution in [0.5, 0.6) is 0 Å². The summed E-state index contributed by atoms with van der Waals surface area (Å²) in [6, 6.07) is 21.3. The molecule has 1 spiro atoms. The maximum absolute atomic E-state index is 13.8. The van der Waals surface area contributed by atoms with Gasteiger partial charge in [-0.1, -0.05) is 149 Å². The highest BCUT2D eigenvalue weighted by Gasteiger charge is 2.56. The van der Waals surface area contributed by atoms with Gasteiger partial charge in [-0.05, 0) is 65.6 Å². The van der Waals surface area contributed by atoms with Gasteiger partial charge in [-0.3, -0.25) is 4.90 Å². The highest BCUT2D eigenvalue weighted by atomic mass is 35.6. The minimum absolute atomic E-state index is 0.148. The summed E-state index contributed by atoms with van der Waals surface area (Å²) >= 11 is 18.0. The fourth-order valence-corrected chi connectivity index (χ4v) is 12.8. The molecule has 1 heterocycles. The Hall–Kier alpha value is -1.33. The molecule has 0 saturated carbocycles. The lowest BCUT2D eigenvalue weighted by Gasteiger charge is -2.44. The zero-order valence-electron chi connectivity index (χ0n) is 28.8. The molecule has 10 heteroatoms. The third-order valence-corrected chi connectivity index (χ3v) is 20.2. The van der Waals surface area contributed by atoms with Gasteiger partial charge in [0.2, 0.25) is 3.79 Å². The summed E-state index contributed by atoms with van der Waals surface area (Å²) in [5, 5.41) is 2.39. The Kier molecular flexibility index (Phi) is 11.6. The Morgan fingerprint density at radius 2 is 1.48 bits per heavy atom. The minimum atomic E-state index is -2.86. The maximum atomic E-state index is 13.8. The number of alkyl halides is 3. The number of carbonyl (C=O) groups excluding carboxylic acids is 1. The van der Waals surface area contributed by atoms with Gasteiger partial charge in [0.25, 0.3) is 8.32 Å². The van der Waals surface area contributed by atoms with Crippen molar-refractivity contribution in [2.75, 3.05) is 19.8 Å². The normalized spacial score (nSPS) is 21.4. The number of halogens is 3. The third-order valence-electron chi connectivity index (χ3n) is 10.2. The molecule has 1 aliphatic heterocycles. The molecule has 1 saturated heterocycles. The molecular weight excluding hydrogens is 673 g/mol. The molecule has 0 aromatic heterocycles. The van der Waals surface area contributed by atoms with E-state index in [9.17, 15) is 4.79 Å². The summed E-state index contributed by atoms with van der Waals surface area (Å²) in [5.41, 5.74) is 0.858. The lowest BCUT2D eigenvalue weighted by Crippen LogP contribution is -2.67. The summed E-state index contributed by atoms with van der Waals surface area (Å²) in [6.07, 6.45) is 5.66. The Morgan fingerprint density at radius 3 is 1.98 bits per heavy atom. The van der Waals surface area contributed by atoms with Crippen molar-refractivity contribution in [3.63, 3.8) is 0 Å². The number of hydrogen-bond donors (Lipinski definition) is 0. The van der Waals surface area contributed by atoms with E-state index >= 15 is 0 Å². The molecule has 5 nitrogen and oxygen atoms in total. The van der Waals surface area contributed by atoms with Gasteiger partial charge in [0.05, 0.1) is 11.6 Å². The first kappa shape index (κ1) is 37.5. The Bertz CT molecular complexity index is 1310. The monoisotopic (exact) mass is 723 g/mol. The van der Waals surface area contributed by atoms with E-state index in [0.717, 1.165) is 25.7 Å². The molecule has 0 unspecified atom stereocenters. The van der Waals surface area contributed by atoms with Gasteiger partial charge in [0, 0.05) is 13.2 Å². The van der Waals surface area contributed by atoms with Crippen molar-refractivity contribution >= 4 is 67.9 Å². The summed E-state index contributed by atoms with van der Waals surface area (Å²) in [5.74, 6) is 0. The van der Waals surface area contributed by atoms with Crippen molar-refractivity contribution in [1.29, 1.82) is 0 Å². The van der Waals surface area contributed by atoms with E-state index in [0.29, 0.717) is 19.6 Å². The maximum Gasteiger partial charge on any atom is 0.410 e. The van der Waals surface area contributed by atoms with Crippen molar-refractivity contribution in [2.24, 2.45) is 0 Å². The second-order valence-corrected chi connectivity index (χ2v) is 27.1. The SMILES string of the molecule is CC(C)(C)[Si](C)(C)OCCC1=CCC[C@@]2(C1)C[C@@H](O[Si](c1ccccc1)(c1ccccc1)C(C)(C)C)CN2C(=O)OCC(Cl)(Cl)Cl. The van der Waals surface area contributed by atoms with E-state index in [4.69, 9.17) is 48.4 Å². The number of rotatable bonds is 9. The minimum Gasteiger partial charge on any atom is -0.445 e. The highest BCUT2D eigenvalue weighted by Crippen LogP contribution is 2.47. The molecule has 2 aromatic carbocycles. The van der Waals surface area contributed by atoms with Crippen LogP contribution in [0, 0.1) is 0 Å². The van der Waals surface area contributed by atoms with Gasteiger partial charge in [-0.25, -0.2) is 4.79 Å². The van der Waals surface area contributed by atoms with E-state index in [2.05, 4.69) is 109 Å². The molecule has 1 fully saturated rings. The van der Waals surface area contributed by atoms with Gasteiger partial charge in [-0.2, -0.15) is 0 Å². The highest BCUT2D eigenvalue weighted by molar-refractivity contribution is 6.99. The molecule has 2 atom stereocenters. The number of amides is 1. The van der Waals surface area contributed by atoms with E-state index < -0.39 is 32.1 Å². The number of hydrogen-bond acceptors (Lipinski definition) is 4. The molecule has 2 aromatic rings. The van der Waals surface area contributed by atoms with Crippen LogP contribution < -0.4 is 10.4 Å². The van der Waals surface area contributed by atoms with Gasteiger partial charge < -0.3 is 13.6 Å². The van der Waals surface area contributed by atoms with Crippen LogP contribution in [0.2, 0.25) is 23.2 Å². The van der Waals surface area contributed by atoms with Gasteiger partial charge >= 0.3 is 6.09 Å². The van der Waals surface area contributed by atoms with Crippen LogP contribution in [0.25, 0.3) is 0 Å². The Morgan fingerprint density at radius 1 is 0.913 bits per heavy atom. The zero-order valence-corrected chi connectivity index (χ0v) is 33.1. The number of ether oxygens (including phenoxy) is 1. The number of benzene rings is 2. The molecular formula is C36H52Cl3NO4Si2. The number of nitrogens with zero attached hydrogens (tertiary/aromatic N) is 1. The van der Waals surface area contributed by atoms with E-state index in [1.54, 1.807) is 0 Å². The van der Waals surface area contributed by atoms with Crippen molar-refractivity contribution in [3.05, 3.63) is 72.3 Å². The number of allylic oxidation sites excluding steroid dienone is 1. The second kappa shape index (κ2) is 14.3. The predicted molar refractivity (Wildman–Crippen MR) is 198 cm³/mol. The van der Waals surface area contributed by atoms with Crippen LogP contribution in [-0.4, -0.2) is 62.8 Å². The van der Waals surface area contributed by atoms with Crippen molar-refractivity contribution in [3.8, 4) is 0 Å². The number of likely N-dealkylation sites (tertiary alicyclic amines) is 1. The van der Waals surface area contributed by atoms with Crippen LogP contribution >= 0.6 is 34.8 Å². The van der Waals surface area contributed by atoms with Crippen LogP contribution in [0.3, 0.4) is 0 Å². The summed E-state index contributed by atoms with van der Waals surface area (Å²) in [7, 11) is -4.73.